The Labute approximate surface area is 150 Å². The van der Waals surface area contributed by atoms with Gasteiger partial charge in [0.15, 0.2) is 5.96 Å². The van der Waals surface area contributed by atoms with Crippen LogP contribution in [-0.4, -0.2) is 32.2 Å². The number of nitrogens with zero attached hydrogens (tertiary/aromatic N) is 1. The van der Waals surface area contributed by atoms with Gasteiger partial charge >= 0.3 is 0 Å². The van der Waals surface area contributed by atoms with Crippen LogP contribution in [0.4, 0.5) is 0 Å². The van der Waals surface area contributed by atoms with Crippen LogP contribution in [-0.2, 0) is 12.8 Å². The van der Waals surface area contributed by atoms with Gasteiger partial charge in [0.05, 0.1) is 6.61 Å². The van der Waals surface area contributed by atoms with Crippen molar-refractivity contribution in [2.75, 3.05) is 20.2 Å². The molecule has 122 valence electrons. The molecule has 1 aliphatic carbocycles. The largest absolute Gasteiger partial charge is 0.493 e. The number of fused-ring (bicyclic) bond motifs is 1. The van der Waals surface area contributed by atoms with E-state index in [1.54, 1.807) is 0 Å². The highest BCUT2D eigenvalue weighted by molar-refractivity contribution is 14.0. The fourth-order valence-corrected chi connectivity index (χ4v) is 3.18. The highest BCUT2D eigenvalue weighted by Crippen LogP contribution is 2.25. The molecule has 1 aromatic rings. The summed E-state index contributed by atoms with van der Waals surface area (Å²) in [7, 11) is 1.84. The van der Waals surface area contributed by atoms with Crippen molar-refractivity contribution in [1.82, 2.24) is 10.6 Å². The first-order valence-corrected chi connectivity index (χ1v) is 8.07. The predicted octanol–water partition coefficient (Wildman–Crippen LogP) is 2.89. The number of aliphatic imine (C=N–C) groups is 1. The number of hydrogen-bond acceptors (Lipinski definition) is 2. The average molecular weight is 415 g/mol. The Kier molecular flexibility index (Phi) is 6.79. The number of benzene rings is 1. The topological polar surface area (TPSA) is 45.7 Å². The van der Waals surface area contributed by atoms with Gasteiger partial charge in [0, 0.05) is 26.1 Å². The van der Waals surface area contributed by atoms with Crippen LogP contribution < -0.4 is 15.4 Å². The number of halogens is 1. The molecule has 0 bridgehead atoms. The summed E-state index contributed by atoms with van der Waals surface area (Å²) in [4.78, 5) is 4.31. The molecule has 0 atom stereocenters. The molecule has 1 aromatic carbocycles. The van der Waals surface area contributed by atoms with E-state index in [2.05, 4.69) is 33.8 Å². The summed E-state index contributed by atoms with van der Waals surface area (Å²) in [5.41, 5.74) is 2.71. The lowest BCUT2D eigenvalue weighted by Crippen LogP contribution is -2.42. The molecule has 1 heterocycles. The molecule has 5 heteroatoms. The Morgan fingerprint density at radius 1 is 1.32 bits per heavy atom. The third-order valence-corrected chi connectivity index (χ3v) is 4.38. The maximum atomic E-state index is 5.54. The van der Waals surface area contributed by atoms with Gasteiger partial charge in [-0.1, -0.05) is 25.0 Å². The summed E-state index contributed by atoms with van der Waals surface area (Å²) >= 11 is 0. The van der Waals surface area contributed by atoms with E-state index in [1.165, 1.54) is 36.8 Å². The maximum absolute atomic E-state index is 5.54. The molecule has 0 aromatic heterocycles. The lowest BCUT2D eigenvalue weighted by molar-refractivity contribution is 0.357. The summed E-state index contributed by atoms with van der Waals surface area (Å²) in [5.74, 6) is 2.00. The van der Waals surface area contributed by atoms with E-state index in [0.717, 1.165) is 37.7 Å². The van der Waals surface area contributed by atoms with Crippen LogP contribution in [0.2, 0.25) is 0 Å². The van der Waals surface area contributed by atoms with E-state index in [9.17, 15) is 0 Å². The van der Waals surface area contributed by atoms with Crippen molar-refractivity contribution in [1.29, 1.82) is 0 Å². The highest BCUT2D eigenvalue weighted by Gasteiger charge is 2.16. The van der Waals surface area contributed by atoms with Gasteiger partial charge in [-0.05, 0) is 36.5 Å². The van der Waals surface area contributed by atoms with Crippen LogP contribution in [0.1, 0.15) is 36.8 Å². The molecule has 0 unspecified atom stereocenters. The Morgan fingerprint density at radius 2 is 2.14 bits per heavy atom. The Balaban J connectivity index is 0.00000176. The van der Waals surface area contributed by atoms with Gasteiger partial charge in [0.1, 0.15) is 5.75 Å². The van der Waals surface area contributed by atoms with Gasteiger partial charge < -0.3 is 15.4 Å². The van der Waals surface area contributed by atoms with Crippen molar-refractivity contribution >= 4 is 29.9 Å². The van der Waals surface area contributed by atoms with Gasteiger partial charge in [0.2, 0.25) is 0 Å². The van der Waals surface area contributed by atoms with Gasteiger partial charge in [-0.2, -0.15) is 0 Å². The lowest BCUT2D eigenvalue weighted by Gasteiger charge is -2.16. The minimum atomic E-state index is 0. The van der Waals surface area contributed by atoms with E-state index in [1.807, 2.05) is 7.05 Å². The minimum Gasteiger partial charge on any atom is -0.493 e. The molecule has 1 aliphatic heterocycles. The van der Waals surface area contributed by atoms with Crippen LogP contribution in [0.25, 0.3) is 0 Å². The zero-order chi connectivity index (χ0) is 14.5. The summed E-state index contributed by atoms with van der Waals surface area (Å²) in [5, 5.41) is 6.93. The fourth-order valence-electron chi connectivity index (χ4n) is 3.18. The fraction of sp³-hybridized carbons (Fsp3) is 0.588. The monoisotopic (exact) mass is 415 g/mol. The van der Waals surface area contributed by atoms with E-state index < -0.39 is 0 Å². The quantitative estimate of drug-likeness (QED) is 0.452. The van der Waals surface area contributed by atoms with Crippen LogP contribution in [0.3, 0.4) is 0 Å². The molecule has 3 rings (SSSR count). The summed E-state index contributed by atoms with van der Waals surface area (Å²) in [6.07, 6.45) is 7.27. The van der Waals surface area contributed by atoms with Crippen LogP contribution >= 0.6 is 24.0 Å². The molecule has 0 spiro atoms. The molecule has 4 nitrogen and oxygen atoms in total. The van der Waals surface area contributed by atoms with Crippen LogP contribution in [0.15, 0.2) is 23.2 Å². The van der Waals surface area contributed by atoms with Gasteiger partial charge in [-0.3, -0.25) is 4.99 Å². The molecule has 1 saturated carbocycles. The van der Waals surface area contributed by atoms with Crippen LogP contribution in [0.5, 0.6) is 5.75 Å². The van der Waals surface area contributed by atoms with Crippen molar-refractivity contribution in [3.63, 3.8) is 0 Å². The molecule has 0 saturated heterocycles. The third-order valence-electron chi connectivity index (χ3n) is 4.38. The molecular formula is C17H26IN3O. The van der Waals surface area contributed by atoms with Crippen molar-refractivity contribution in [3.8, 4) is 5.75 Å². The second-order valence-corrected chi connectivity index (χ2v) is 5.92. The molecule has 0 radical (unpaired) electrons. The van der Waals surface area contributed by atoms with E-state index in [0.29, 0.717) is 6.04 Å². The Hall–Kier alpha value is -0.980. The number of rotatable bonds is 4. The molecule has 2 aliphatic rings. The summed E-state index contributed by atoms with van der Waals surface area (Å²) in [6, 6.07) is 7.15. The van der Waals surface area contributed by atoms with Crippen molar-refractivity contribution in [2.24, 2.45) is 4.99 Å². The van der Waals surface area contributed by atoms with Gasteiger partial charge in [-0.25, -0.2) is 0 Å². The number of hydrogen-bond donors (Lipinski definition) is 2. The number of guanidine groups is 1. The van der Waals surface area contributed by atoms with Crippen molar-refractivity contribution < 1.29 is 4.74 Å². The Bertz CT molecular complexity index is 513. The number of nitrogens with one attached hydrogen (secondary N) is 2. The molecule has 1 fully saturated rings. The van der Waals surface area contributed by atoms with Crippen molar-refractivity contribution in [2.45, 2.75) is 44.6 Å². The second-order valence-electron chi connectivity index (χ2n) is 5.92. The standard InChI is InChI=1S/C17H25N3O.HI/c1-18-17(20-15-4-2-3-5-15)19-10-8-13-6-7-16-14(12-13)9-11-21-16;/h6-7,12,15H,2-5,8-11H2,1H3,(H2,18,19,20);1H. The predicted molar refractivity (Wildman–Crippen MR) is 102 cm³/mol. The molecule has 0 amide bonds. The van der Waals surface area contributed by atoms with E-state index >= 15 is 0 Å². The second kappa shape index (κ2) is 8.60. The molecule has 2 N–H and O–H groups in total. The summed E-state index contributed by atoms with van der Waals surface area (Å²) in [6.45, 7) is 1.74. The van der Waals surface area contributed by atoms with Gasteiger partial charge in [-0.15, -0.1) is 24.0 Å². The SMILES string of the molecule is CN=C(NCCc1ccc2c(c1)CCO2)NC1CCCC1.I. The first kappa shape index (κ1) is 17.4. The van der Waals surface area contributed by atoms with Crippen molar-refractivity contribution in [3.05, 3.63) is 29.3 Å². The highest BCUT2D eigenvalue weighted by atomic mass is 127. The maximum Gasteiger partial charge on any atom is 0.191 e. The normalized spacial score (nSPS) is 17.6. The first-order valence-electron chi connectivity index (χ1n) is 8.07. The first-order chi connectivity index (χ1) is 10.3. The minimum absolute atomic E-state index is 0. The average Bonchev–Trinajstić information content (AvgIpc) is 3.16. The smallest absolute Gasteiger partial charge is 0.191 e. The number of ether oxygens (including phenoxy) is 1. The van der Waals surface area contributed by atoms with E-state index in [4.69, 9.17) is 4.74 Å². The Morgan fingerprint density at radius 3 is 2.91 bits per heavy atom. The molecule has 22 heavy (non-hydrogen) atoms. The molecular weight excluding hydrogens is 389 g/mol. The van der Waals surface area contributed by atoms with Gasteiger partial charge in [0.25, 0.3) is 0 Å². The zero-order valence-corrected chi connectivity index (χ0v) is 15.6. The third kappa shape index (κ3) is 4.51. The zero-order valence-electron chi connectivity index (χ0n) is 13.2. The van der Waals surface area contributed by atoms with Crippen LogP contribution in [0, 0.1) is 0 Å². The lowest BCUT2D eigenvalue weighted by atomic mass is 10.1. The summed E-state index contributed by atoms with van der Waals surface area (Å²) < 4.78 is 5.54. The van der Waals surface area contributed by atoms with E-state index in [-0.39, 0.29) is 24.0 Å².